The molecule has 0 radical (unpaired) electrons. The van der Waals surface area contributed by atoms with E-state index in [0.717, 1.165) is 5.69 Å². The lowest BCUT2D eigenvalue weighted by Gasteiger charge is -2.13. The van der Waals surface area contributed by atoms with E-state index in [1.54, 1.807) is 0 Å². The Labute approximate surface area is 128 Å². The van der Waals surface area contributed by atoms with Crippen molar-refractivity contribution in [1.29, 1.82) is 0 Å². The molecular weight excluding hydrogens is 282 g/mol. The van der Waals surface area contributed by atoms with Gasteiger partial charge in [0.15, 0.2) is 0 Å². The first-order chi connectivity index (χ1) is 10.3. The van der Waals surface area contributed by atoms with Crippen LogP contribution in [0.2, 0.25) is 0 Å². The van der Waals surface area contributed by atoms with Gasteiger partial charge in [0.05, 0.1) is 11.6 Å². The smallest absolute Gasteiger partial charge is 0.105 e. The summed E-state index contributed by atoms with van der Waals surface area (Å²) in [5.41, 5.74) is 5.87. The number of aromatic nitrogens is 3. The van der Waals surface area contributed by atoms with Gasteiger partial charge in [-0.2, -0.15) is 0 Å². The molecule has 3 aromatic rings. The molecule has 0 N–H and O–H groups in total. The highest BCUT2D eigenvalue weighted by Crippen LogP contribution is 2.44. The van der Waals surface area contributed by atoms with Crippen molar-refractivity contribution in [3.05, 3.63) is 71.5 Å². The molecule has 0 fully saturated rings. The highest BCUT2D eigenvalue weighted by atomic mass is 35.5. The third-order valence-corrected chi connectivity index (χ3v) is 4.22. The Kier molecular flexibility index (Phi) is 2.82. The number of hydrogen-bond acceptors (Lipinski definition) is 2. The van der Waals surface area contributed by atoms with Crippen molar-refractivity contribution >= 4 is 11.6 Å². The lowest BCUT2D eigenvalue weighted by molar-refractivity contribution is 0.580. The normalized spacial score (nSPS) is 14.8. The summed E-state index contributed by atoms with van der Waals surface area (Å²) in [5.74, 6) is 0. The Morgan fingerprint density at radius 2 is 1.57 bits per heavy atom. The van der Waals surface area contributed by atoms with E-state index in [1.807, 2.05) is 17.8 Å². The molecule has 2 aromatic carbocycles. The van der Waals surface area contributed by atoms with Crippen LogP contribution in [0.5, 0.6) is 0 Å². The quantitative estimate of drug-likeness (QED) is 0.519. The first kappa shape index (κ1) is 12.6. The molecule has 0 spiro atoms. The molecule has 1 unspecified atom stereocenters. The molecule has 1 aromatic heterocycles. The maximum absolute atomic E-state index is 6.11. The molecule has 0 saturated carbocycles. The summed E-state index contributed by atoms with van der Waals surface area (Å²) in [7, 11) is 0. The molecule has 0 amide bonds. The van der Waals surface area contributed by atoms with E-state index in [9.17, 15) is 0 Å². The number of fused-ring (bicyclic) bond motifs is 3. The van der Waals surface area contributed by atoms with Gasteiger partial charge in [-0.05, 0) is 29.2 Å². The standard InChI is InChI=1S/C17H14ClN3/c1-11(18)16-10-21(20-19-16)17-14-8-4-2-6-12(14)13-7-3-5-9-15(13)17/h2-11,17H,1H3. The van der Waals surface area contributed by atoms with Crippen LogP contribution in [0.1, 0.15) is 35.2 Å². The number of benzene rings is 2. The Balaban J connectivity index is 1.92. The maximum atomic E-state index is 6.11. The summed E-state index contributed by atoms with van der Waals surface area (Å²) < 4.78 is 1.92. The molecule has 1 atom stereocenters. The summed E-state index contributed by atoms with van der Waals surface area (Å²) in [6, 6.07) is 17.0. The van der Waals surface area contributed by atoms with E-state index in [1.165, 1.54) is 22.3 Å². The minimum absolute atomic E-state index is 0.0778. The van der Waals surface area contributed by atoms with Crippen molar-refractivity contribution in [2.24, 2.45) is 0 Å². The van der Waals surface area contributed by atoms with Gasteiger partial charge in [-0.25, -0.2) is 4.68 Å². The summed E-state index contributed by atoms with van der Waals surface area (Å²) in [4.78, 5) is 0. The van der Waals surface area contributed by atoms with Crippen LogP contribution in [-0.2, 0) is 0 Å². The van der Waals surface area contributed by atoms with Gasteiger partial charge in [-0.3, -0.25) is 0 Å². The molecular formula is C17H14ClN3. The summed E-state index contributed by atoms with van der Waals surface area (Å²) in [6.07, 6.45) is 1.95. The molecule has 1 heterocycles. The van der Waals surface area contributed by atoms with E-state index in [4.69, 9.17) is 11.6 Å². The van der Waals surface area contributed by atoms with Crippen LogP contribution >= 0.6 is 11.6 Å². The van der Waals surface area contributed by atoms with Crippen LogP contribution in [-0.4, -0.2) is 15.0 Å². The van der Waals surface area contributed by atoms with E-state index in [0.29, 0.717) is 0 Å². The molecule has 21 heavy (non-hydrogen) atoms. The highest BCUT2D eigenvalue weighted by Gasteiger charge is 2.30. The fourth-order valence-corrected chi connectivity index (χ4v) is 3.11. The molecule has 0 bridgehead atoms. The van der Waals surface area contributed by atoms with Gasteiger partial charge >= 0.3 is 0 Å². The molecule has 4 rings (SSSR count). The van der Waals surface area contributed by atoms with Crippen molar-refractivity contribution in [3.63, 3.8) is 0 Å². The first-order valence-corrected chi connectivity index (χ1v) is 7.43. The summed E-state index contributed by atoms with van der Waals surface area (Å²) in [5, 5.41) is 8.35. The molecule has 104 valence electrons. The average Bonchev–Trinajstić information content (AvgIpc) is 3.09. The van der Waals surface area contributed by atoms with E-state index in [-0.39, 0.29) is 11.4 Å². The topological polar surface area (TPSA) is 30.7 Å². The van der Waals surface area contributed by atoms with Gasteiger partial charge in [0.25, 0.3) is 0 Å². The third kappa shape index (κ3) is 1.88. The fourth-order valence-electron chi connectivity index (χ4n) is 3.01. The number of nitrogens with zero attached hydrogens (tertiary/aromatic N) is 3. The average molecular weight is 296 g/mol. The Morgan fingerprint density at radius 3 is 2.10 bits per heavy atom. The lowest BCUT2D eigenvalue weighted by atomic mass is 10.1. The summed E-state index contributed by atoms with van der Waals surface area (Å²) >= 11 is 6.11. The van der Waals surface area contributed by atoms with Gasteiger partial charge < -0.3 is 0 Å². The predicted molar refractivity (Wildman–Crippen MR) is 83.4 cm³/mol. The van der Waals surface area contributed by atoms with E-state index >= 15 is 0 Å². The van der Waals surface area contributed by atoms with E-state index in [2.05, 4.69) is 58.8 Å². The SMILES string of the molecule is CC(Cl)c1cn(C2c3ccccc3-c3ccccc32)nn1. The third-order valence-electron chi connectivity index (χ3n) is 4.00. The van der Waals surface area contributed by atoms with Crippen molar-refractivity contribution < 1.29 is 0 Å². The zero-order chi connectivity index (χ0) is 14.4. The maximum Gasteiger partial charge on any atom is 0.105 e. The molecule has 4 heteroatoms. The van der Waals surface area contributed by atoms with Crippen molar-refractivity contribution in [3.8, 4) is 11.1 Å². The highest BCUT2D eigenvalue weighted by molar-refractivity contribution is 6.20. The van der Waals surface area contributed by atoms with Crippen molar-refractivity contribution in [2.75, 3.05) is 0 Å². The predicted octanol–water partition coefficient (Wildman–Crippen LogP) is 4.20. The van der Waals surface area contributed by atoms with Gasteiger partial charge in [-0.1, -0.05) is 53.7 Å². The lowest BCUT2D eigenvalue weighted by Crippen LogP contribution is -2.10. The van der Waals surface area contributed by atoms with Crippen LogP contribution in [0.25, 0.3) is 11.1 Å². The molecule has 0 aliphatic heterocycles. The molecule has 1 aliphatic carbocycles. The monoisotopic (exact) mass is 295 g/mol. The van der Waals surface area contributed by atoms with Crippen molar-refractivity contribution in [1.82, 2.24) is 15.0 Å². The molecule has 0 saturated heterocycles. The molecule has 3 nitrogen and oxygen atoms in total. The Hall–Kier alpha value is -2.13. The first-order valence-electron chi connectivity index (χ1n) is 6.99. The Morgan fingerprint density at radius 1 is 1.00 bits per heavy atom. The van der Waals surface area contributed by atoms with Crippen LogP contribution in [0, 0.1) is 0 Å². The van der Waals surface area contributed by atoms with Crippen LogP contribution in [0.15, 0.2) is 54.7 Å². The van der Waals surface area contributed by atoms with Crippen LogP contribution < -0.4 is 0 Å². The van der Waals surface area contributed by atoms with Crippen LogP contribution in [0.4, 0.5) is 0 Å². The number of halogens is 1. The second-order valence-electron chi connectivity index (χ2n) is 5.32. The zero-order valence-corrected chi connectivity index (χ0v) is 12.3. The van der Waals surface area contributed by atoms with Crippen LogP contribution in [0.3, 0.4) is 0 Å². The minimum atomic E-state index is -0.134. The fraction of sp³-hybridized carbons (Fsp3) is 0.176. The molecule has 1 aliphatic rings. The minimum Gasteiger partial charge on any atom is -0.240 e. The van der Waals surface area contributed by atoms with E-state index < -0.39 is 0 Å². The van der Waals surface area contributed by atoms with Gasteiger partial charge in [-0.15, -0.1) is 16.7 Å². The van der Waals surface area contributed by atoms with Gasteiger partial charge in [0.2, 0.25) is 0 Å². The number of rotatable bonds is 2. The number of hydrogen-bond donors (Lipinski definition) is 0. The Bertz CT molecular complexity index is 762. The van der Waals surface area contributed by atoms with Gasteiger partial charge in [0, 0.05) is 0 Å². The second-order valence-corrected chi connectivity index (χ2v) is 5.97. The summed E-state index contributed by atoms with van der Waals surface area (Å²) in [6.45, 7) is 1.91. The largest absolute Gasteiger partial charge is 0.240 e. The van der Waals surface area contributed by atoms with Crippen molar-refractivity contribution in [2.45, 2.75) is 18.3 Å². The number of alkyl halides is 1. The second kappa shape index (κ2) is 4.71. The van der Waals surface area contributed by atoms with Gasteiger partial charge in [0.1, 0.15) is 11.7 Å². The zero-order valence-electron chi connectivity index (χ0n) is 11.6.